The van der Waals surface area contributed by atoms with Crippen molar-refractivity contribution >= 4 is 12.4 Å². The number of hydrogen-bond acceptors (Lipinski definition) is 8. The summed E-state index contributed by atoms with van der Waals surface area (Å²) in [5.41, 5.74) is -0.242. The van der Waals surface area contributed by atoms with Gasteiger partial charge in [0, 0.05) is 6.07 Å². The first-order valence-corrected chi connectivity index (χ1v) is 8.21. The molecule has 27 heavy (non-hydrogen) atoms. The van der Waals surface area contributed by atoms with Gasteiger partial charge in [0.15, 0.2) is 11.5 Å². The summed E-state index contributed by atoms with van der Waals surface area (Å²) < 4.78 is 0. The molecular weight excluding hydrogens is 356 g/mol. The van der Waals surface area contributed by atoms with E-state index in [4.69, 9.17) is 9.68 Å². The lowest BCUT2D eigenvalue weighted by Crippen LogP contribution is -2.22. The summed E-state index contributed by atoms with van der Waals surface area (Å²) >= 11 is 0. The molecule has 0 atom stereocenters. The number of aromatic nitrogens is 2. The monoisotopic (exact) mass is 376 g/mol. The molecule has 144 valence electrons. The number of aromatic amines is 2. The molecule has 0 aliphatic rings. The van der Waals surface area contributed by atoms with Crippen molar-refractivity contribution in [3.63, 3.8) is 0 Å². The molecule has 2 rings (SSSR count). The van der Waals surface area contributed by atoms with Crippen LogP contribution in [-0.4, -0.2) is 45.8 Å². The molecule has 0 spiro atoms. The van der Waals surface area contributed by atoms with Crippen molar-refractivity contribution in [3.8, 4) is 11.5 Å². The molecule has 0 bridgehead atoms. The molecule has 0 radical (unpaired) electrons. The number of oxime groups is 2. The largest absolute Gasteiger partial charge is 0.504 e. The molecule has 0 saturated heterocycles. The first-order valence-electron chi connectivity index (χ1n) is 8.21. The molecule has 1 heterocycles. The summed E-state index contributed by atoms with van der Waals surface area (Å²) in [6, 6.07) is 5.54. The highest BCUT2D eigenvalue weighted by molar-refractivity contribution is 5.80. The maximum absolute atomic E-state index is 11.1. The SMILES string of the molecule is O=c1cc(/C=N/OCCCCCO/N=C/c2ccc(O)c(O)c2)[nH]c(=O)[nH]1. The summed E-state index contributed by atoms with van der Waals surface area (Å²) in [6.45, 7) is 0.817. The van der Waals surface area contributed by atoms with Gasteiger partial charge < -0.3 is 24.9 Å². The summed E-state index contributed by atoms with van der Waals surface area (Å²) in [5, 5.41) is 26.0. The van der Waals surface area contributed by atoms with Crippen molar-refractivity contribution in [2.45, 2.75) is 19.3 Å². The second kappa shape index (κ2) is 10.4. The Bertz CT molecular complexity index is 875. The predicted octanol–water partition coefficient (Wildman–Crippen LogP) is 1.05. The fraction of sp³-hybridized carbons (Fsp3) is 0.294. The van der Waals surface area contributed by atoms with Crippen LogP contribution in [-0.2, 0) is 9.68 Å². The molecule has 0 amide bonds. The van der Waals surface area contributed by atoms with Gasteiger partial charge in [-0.05, 0) is 43.0 Å². The average Bonchev–Trinajstić information content (AvgIpc) is 2.62. The maximum atomic E-state index is 11.1. The van der Waals surface area contributed by atoms with Crippen LogP contribution in [0.1, 0.15) is 30.5 Å². The first kappa shape index (κ1) is 19.8. The van der Waals surface area contributed by atoms with Crippen LogP contribution in [0, 0.1) is 0 Å². The third-order valence-corrected chi connectivity index (χ3v) is 3.29. The van der Waals surface area contributed by atoms with E-state index in [-0.39, 0.29) is 17.2 Å². The van der Waals surface area contributed by atoms with E-state index in [0.717, 1.165) is 19.3 Å². The summed E-state index contributed by atoms with van der Waals surface area (Å²) in [4.78, 5) is 36.7. The van der Waals surface area contributed by atoms with Crippen LogP contribution >= 0.6 is 0 Å². The van der Waals surface area contributed by atoms with Gasteiger partial charge >= 0.3 is 5.69 Å². The lowest BCUT2D eigenvalue weighted by atomic mass is 10.2. The number of hydrogen-bond donors (Lipinski definition) is 4. The molecule has 0 aliphatic heterocycles. The summed E-state index contributed by atoms with van der Waals surface area (Å²) in [5.74, 6) is -0.405. The van der Waals surface area contributed by atoms with Crippen LogP contribution in [0.15, 0.2) is 44.2 Å². The van der Waals surface area contributed by atoms with Gasteiger partial charge in [-0.2, -0.15) is 0 Å². The van der Waals surface area contributed by atoms with Gasteiger partial charge in [-0.1, -0.05) is 10.3 Å². The molecule has 10 heteroatoms. The van der Waals surface area contributed by atoms with Crippen LogP contribution in [0.3, 0.4) is 0 Å². The van der Waals surface area contributed by atoms with E-state index in [0.29, 0.717) is 18.8 Å². The minimum Gasteiger partial charge on any atom is -0.504 e. The van der Waals surface area contributed by atoms with Crippen LogP contribution < -0.4 is 11.2 Å². The molecule has 1 aromatic carbocycles. The third kappa shape index (κ3) is 7.46. The zero-order valence-electron chi connectivity index (χ0n) is 14.4. The second-order valence-electron chi connectivity index (χ2n) is 5.49. The van der Waals surface area contributed by atoms with E-state index in [1.807, 2.05) is 0 Å². The number of phenolic OH excluding ortho intramolecular Hbond substituents is 2. The highest BCUT2D eigenvalue weighted by Gasteiger charge is 1.98. The topological polar surface area (TPSA) is 149 Å². The minimum atomic E-state index is -0.603. The van der Waals surface area contributed by atoms with Crippen LogP contribution in [0.4, 0.5) is 0 Å². The number of aromatic hydroxyl groups is 2. The average molecular weight is 376 g/mol. The number of nitrogens with one attached hydrogen (secondary N) is 2. The molecule has 1 aromatic heterocycles. The zero-order chi connectivity index (χ0) is 19.5. The molecule has 4 N–H and O–H groups in total. The van der Waals surface area contributed by atoms with Gasteiger partial charge in [0.05, 0.1) is 18.1 Å². The molecule has 0 saturated carbocycles. The Morgan fingerprint density at radius 3 is 2.26 bits per heavy atom. The number of unbranched alkanes of at least 4 members (excludes halogenated alkanes) is 2. The van der Waals surface area contributed by atoms with Gasteiger partial charge in [0.1, 0.15) is 13.2 Å². The van der Waals surface area contributed by atoms with Gasteiger partial charge in [-0.15, -0.1) is 0 Å². The highest BCUT2D eigenvalue weighted by Crippen LogP contribution is 2.23. The van der Waals surface area contributed by atoms with Crippen molar-refractivity contribution in [3.05, 3.63) is 56.4 Å². The summed E-state index contributed by atoms with van der Waals surface area (Å²) in [6.07, 6.45) is 5.06. The van der Waals surface area contributed by atoms with Crippen LogP contribution in [0.5, 0.6) is 11.5 Å². The molecule has 2 aromatic rings. The van der Waals surface area contributed by atoms with E-state index in [2.05, 4.69) is 20.3 Å². The number of benzene rings is 1. The Kier molecular flexibility index (Phi) is 7.64. The summed E-state index contributed by atoms with van der Waals surface area (Å²) in [7, 11) is 0. The van der Waals surface area contributed by atoms with E-state index in [1.165, 1.54) is 30.6 Å². The van der Waals surface area contributed by atoms with Crippen LogP contribution in [0.25, 0.3) is 0 Å². The Morgan fingerprint density at radius 1 is 0.889 bits per heavy atom. The standard InChI is InChI=1S/C17H20N4O6/c22-14-5-4-12(8-15(14)23)10-18-26-6-2-1-3-7-27-19-11-13-9-16(24)21-17(25)20-13/h4-5,8-11,22-23H,1-3,6-7H2,(H2,20,21,24,25)/b18-10+,19-11+. The van der Waals surface area contributed by atoms with Crippen molar-refractivity contribution in [2.75, 3.05) is 13.2 Å². The Labute approximate surface area is 153 Å². The lowest BCUT2D eigenvalue weighted by Gasteiger charge is -2.01. The number of nitrogens with zero attached hydrogens (tertiary/aromatic N) is 2. The smallest absolute Gasteiger partial charge is 0.326 e. The quantitative estimate of drug-likeness (QED) is 0.211. The van der Waals surface area contributed by atoms with Crippen molar-refractivity contribution in [1.82, 2.24) is 9.97 Å². The number of phenols is 2. The molecule has 10 nitrogen and oxygen atoms in total. The normalized spacial score (nSPS) is 11.3. The predicted molar refractivity (Wildman–Crippen MR) is 98.4 cm³/mol. The highest BCUT2D eigenvalue weighted by atomic mass is 16.6. The lowest BCUT2D eigenvalue weighted by molar-refractivity contribution is 0.125. The van der Waals surface area contributed by atoms with E-state index in [1.54, 1.807) is 6.07 Å². The zero-order valence-corrected chi connectivity index (χ0v) is 14.4. The van der Waals surface area contributed by atoms with Crippen molar-refractivity contribution in [1.29, 1.82) is 0 Å². The van der Waals surface area contributed by atoms with Gasteiger partial charge in [-0.25, -0.2) is 4.79 Å². The fourth-order valence-corrected chi connectivity index (χ4v) is 1.99. The number of rotatable bonds is 10. The number of H-pyrrole nitrogens is 2. The molecular formula is C17H20N4O6. The Hall–Kier alpha value is -3.56. The van der Waals surface area contributed by atoms with E-state index >= 15 is 0 Å². The van der Waals surface area contributed by atoms with Gasteiger partial charge in [0.25, 0.3) is 5.56 Å². The third-order valence-electron chi connectivity index (χ3n) is 3.29. The fourth-order valence-electron chi connectivity index (χ4n) is 1.99. The minimum absolute atomic E-state index is 0.190. The van der Waals surface area contributed by atoms with Crippen molar-refractivity contribution < 1.29 is 19.9 Å². The first-order chi connectivity index (χ1) is 13.0. The second-order valence-corrected chi connectivity index (χ2v) is 5.49. The van der Waals surface area contributed by atoms with Crippen LogP contribution in [0.2, 0.25) is 0 Å². The van der Waals surface area contributed by atoms with E-state index in [9.17, 15) is 19.8 Å². The van der Waals surface area contributed by atoms with Gasteiger partial charge in [-0.3, -0.25) is 9.78 Å². The Balaban J connectivity index is 1.54. The maximum Gasteiger partial charge on any atom is 0.326 e. The van der Waals surface area contributed by atoms with Crippen molar-refractivity contribution in [2.24, 2.45) is 10.3 Å². The molecule has 0 fully saturated rings. The molecule has 0 unspecified atom stereocenters. The Morgan fingerprint density at radius 2 is 1.59 bits per heavy atom. The van der Waals surface area contributed by atoms with E-state index < -0.39 is 11.2 Å². The van der Waals surface area contributed by atoms with Gasteiger partial charge in [0.2, 0.25) is 0 Å². The molecule has 0 aliphatic carbocycles.